The quantitative estimate of drug-likeness (QED) is 0.428. The van der Waals surface area contributed by atoms with Gasteiger partial charge in [0.2, 0.25) is 0 Å². The highest BCUT2D eigenvalue weighted by molar-refractivity contribution is 7.14. The zero-order chi connectivity index (χ0) is 24.9. The second-order valence-corrected chi connectivity index (χ2v) is 10.1. The van der Waals surface area contributed by atoms with Crippen molar-refractivity contribution >= 4 is 23.2 Å². The van der Waals surface area contributed by atoms with Crippen LogP contribution >= 0.6 is 11.3 Å². The number of halogens is 2. The molecule has 34 heavy (non-hydrogen) atoms. The van der Waals surface area contributed by atoms with Crippen molar-refractivity contribution in [2.24, 2.45) is 5.92 Å². The summed E-state index contributed by atoms with van der Waals surface area (Å²) < 4.78 is 28.3. The number of rotatable bonds is 11. The number of carboxylic acids is 1. The molecule has 5 nitrogen and oxygen atoms in total. The Balaban J connectivity index is 1.57. The first-order valence-corrected chi connectivity index (χ1v) is 12.3. The first-order valence-electron chi connectivity index (χ1n) is 11.5. The van der Waals surface area contributed by atoms with E-state index in [2.05, 4.69) is 0 Å². The van der Waals surface area contributed by atoms with E-state index in [4.69, 9.17) is 0 Å². The zero-order valence-corrected chi connectivity index (χ0v) is 20.2. The molecule has 3 rings (SSSR count). The summed E-state index contributed by atoms with van der Waals surface area (Å²) in [6.45, 7) is 3.78. The summed E-state index contributed by atoms with van der Waals surface area (Å²) in [6.07, 6.45) is 4.17. The molecule has 1 aromatic heterocycles. The maximum atomic E-state index is 14.2. The van der Waals surface area contributed by atoms with Crippen LogP contribution in [0.4, 0.5) is 8.78 Å². The normalized spacial score (nSPS) is 19.6. The third-order valence-corrected chi connectivity index (χ3v) is 7.55. The molecule has 1 fully saturated rings. The molecule has 1 aliphatic heterocycles. The number of carbonyl (C=O) groups excluding carboxylic acids is 1. The first-order chi connectivity index (χ1) is 16.1. The lowest BCUT2D eigenvalue weighted by Crippen LogP contribution is -2.36. The molecule has 1 amide bonds. The molecule has 1 aromatic carbocycles. The average Bonchev–Trinajstić information content (AvgIpc) is 3.28. The predicted molar refractivity (Wildman–Crippen MR) is 128 cm³/mol. The van der Waals surface area contributed by atoms with Crippen molar-refractivity contribution in [2.75, 3.05) is 6.54 Å². The smallest absolute Gasteiger partial charge is 0.346 e. The van der Waals surface area contributed by atoms with E-state index in [1.54, 1.807) is 13.0 Å². The number of alkyl halides is 2. The second-order valence-electron chi connectivity index (χ2n) is 8.99. The van der Waals surface area contributed by atoms with Crippen LogP contribution in [0.5, 0.6) is 0 Å². The van der Waals surface area contributed by atoms with Crippen molar-refractivity contribution in [2.45, 2.75) is 64.0 Å². The van der Waals surface area contributed by atoms with Crippen molar-refractivity contribution in [3.05, 3.63) is 69.4 Å². The number of likely N-dealkylation sites (tertiary alicyclic amines) is 1. The molecule has 8 heteroatoms. The molecule has 1 unspecified atom stereocenters. The Morgan fingerprint density at radius 1 is 1.29 bits per heavy atom. The minimum atomic E-state index is -3.42. The average molecular weight is 492 g/mol. The van der Waals surface area contributed by atoms with E-state index in [-0.39, 0.29) is 17.3 Å². The lowest BCUT2D eigenvalue weighted by molar-refractivity contribution is -0.148. The number of amides is 1. The molecule has 2 aromatic rings. The summed E-state index contributed by atoms with van der Waals surface area (Å²) in [7, 11) is 0. The van der Waals surface area contributed by atoms with Crippen LogP contribution in [-0.4, -0.2) is 51.6 Å². The Labute approximate surface area is 202 Å². The van der Waals surface area contributed by atoms with Gasteiger partial charge in [-0.2, -0.15) is 8.78 Å². The van der Waals surface area contributed by atoms with Crippen LogP contribution < -0.4 is 0 Å². The topological polar surface area (TPSA) is 77.8 Å². The third-order valence-electron chi connectivity index (χ3n) is 6.27. The fourth-order valence-electron chi connectivity index (χ4n) is 4.21. The number of aliphatic hydroxyl groups excluding tert-OH is 1. The molecular weight excluding hydrogens is 460 g/mol. The largest absolute Gasteiger partial charge is 0.477 e. The van der Waals surface area contributed by atoms with Crippen LogP contribution in [0.1, 0.15) is 51.9 Å². The Hall–Kier alpha value is -2.58. The molecule has 0 bridgehead atoms. The van der Waals surface area contributed by atoms with Crippen molar-refractivity contribution < 1.29 is 28.6 Å². The van der Waals surface area contributed by atoms with Crippen LogP contribution in [0, 0.1) is 12.8 Å². The van der Waals surface area contributed by atoms with E-state index in [0.717, 1.165) is 17.7 Å². The van der Waals surface area contributed by atoms with Gasteiger partial charge in [0, 0.05) is 17.8 Å². The van der Waals surface area contributed by atoms with Gasteiger partial charge in [0.25, 0.3) is 5.91 Å². The minimum absolute atomic E-state index is 0.0620. The van der Waals surface area contributed by atoms with Gasteiger partial charge >= 0.3 is 11.9 Å². The first kappa shape index (κ1) is 26.0. The highest BCUT2D eigenvalue weighted by Gasteiger charge is 2.52. The number of hydrogen-bond acceptors (Lipinski definition) is 4. The van der Waals surface area contributed by atoms with Gasteiger partial charge in [-0.25, -0.2) is 4.79 Å². The molecule has 0 aliphatic carbocycles. The molecule has 184 valence electrons. The van der Waals surface area contributed by atoms with Gasteiger partial charge in [-0.05, 0) is 55.7 Å². The third kappa shape index (κ3) is 6.51. The van der Waals surface area contributed by atoms with E-state index < -0.39 is 36.4 Å². The minimum Gasteiger partial charge on any atom is -0.477 e. The number of hydrogen-bond donors (Lipinski definition) is 2. The Morgan fingerprint density at radius 2 is 2.00 bits per heavy atom. The van der Waals surface area contributed by atoms with Gasteiger partial charge in [-0.15, -0.1) is 11.3 Å². The lowest BCUT2D eigenvalue weighted by atomic mass is 9.95. The molecule has 0 saturated carbocycles. The lowest BCUT2D eigenvalue weighted by Gasteiger charge is -2.22. The SMILES string of the molecule is Cc1cc(CCCN2C(=O)C(F)(F)CC2C=C[C@@H](O)[C@@H](C)CCc2ccccc2)sc1C(=O)O. The number of aryl methyl sites for hydroxylation is 3. The highest BCUT2D eigenvalue weighted by Crippen LogP contribution is 2.34. The molecular formula is C26H31F2NO4S. The number of benzene rings is 1. The van der Waals surface area contributed by atoms with Gasteiger partial charge in [-0.1, -0.05) is 49.4 Å². The molecule has 3 atom stereocenters. The van der Waals surface area contributed by atoms with Crippen LogP contribution in [0.3, 0.4) is 0 Å². The summed E-state index contributed by atoms with van der Waals surface area (Å²) in [5.74, 6) is -5.66. The summed E-state index contributed by atoms with van der Waals surface area (Å²) in [5.41, 5.74) is 1.85. The fourth-order valence-corrected chi connectivity index (χ4v) is 5.26. The van der Waals surface area contributed by atoms with Crippen LogP contribution in [-0.2, 0) is 17.6 Å². The Bertz CT molecular complexity index is 1020. The van der Waals surface area contributed by atoms with Gasteiger partial charge in [0.15, 0.2) is 0 Å². The van der Waals surface area contributed by atoms with Crippen molar-refractivity contribution in [3.63, 3.8) is 0 Å². The van der Waals surface area contributed by atoms with Gasteiger partial charge in [-0.3, -0.25) is 4.79 Å². The highest BCUT2D eigenvalue weighted by atomic mass is 32.1. The van der Waals surface area contributed by atoms with E-state index in [0.29, 0.717) is 18.4 Å². The fraction of sp³-hybridized carbons (Fsp3) is 0.462. The monoisotopic (exact) mass is 491 g/mol. The number of carbonyl (C=O) groups is 2. The molecule has 1 aliphatic rings. The van der Waals surface area contributed by atoms with E-state index in [1.807, 2.05) is 37.3 Å². The molecule has 1 saturated heterocycles. The molecule has 2 N–H and O–H groups in total. The van der Waals surface area contributed by atoms with Crippen molar-refractivity contribution in [1.29, 1.82) is 0 Å². The number of thiophene rings is 1. The standard InChI is InChI=1S/C26H31F2NO4S/c1-17(10-11-19-7-4-3-5-8-19)22(30)13-12-20-16-26(27,28)25(33)29(20)14-6-9-21-15-18(2)23(34-21)24(31)32/h3-5,7-8,12-13,15,17,20,22,30H,6,9-11,14,16H2,1-2H3,(H,31,32)/t17-,20?,22+/m0/s1. The summed E-state index contributed by atoms with van der Waals surface area (Å²) in [5, 5.41) is 19.7. The maximum absolute atomic E-state index is 14.2. The van der Waals surface area contributed by atoms with Crippen LogP contribution in [0.15, 0.2) is 48.6 Å². The number of aromatic carboxylic acids is 1. The van der Waals surface area contributed by atoms with Gasteiger partial charge < -0.3 is 15.1 Å². The Morgan fingerprint density at radius 3 is 2.65 bits per heavy atom. The van der Waals surface area contributed by atoms with Crippen molar-refractivity contribution in [1.82, 2.24) is 4.90 Å². The van der Waals surface area contributed by atoms with Crippen molar-refractivity contribution in [3.8, 4) is 0 Å². The number of nitrogens with zero attached hydrogens (tertiary/aromatic N) is 1. The number of aliphatic hydroxyl groups is 1. The molecule has 2 heterocycles. The van der Waals surface area contributed by atoms with Crippen LogP contribution in [0.2, 0.25) is 0 Å². The predicted octanol–water partition coefficient (Wildman–Crippen LogP) is 5.11. The zero-order valence-electron chi connectivity index (χ0n) is 19.4. The van der Waals surface area contributed by atoms with E-state index in [9.17, 15) is 28.6 Å². The van der Waals surface area contributed by atoms with Gasteiger partial charge in [0.1, 0.15) is 4.88 Å². The summed E-state index contributed by atoms with van der Waals surface area (Å²) in [6, 6.07) is 10.9. The van der Waals surface area contributed by atoms with Crippen LogP contribution in [0.25, 0.3) is 0 Å². The van der Waals surface area contributed by atoms with E-state index in [1.165, 1.54) is 34.0 Å². The second kappa shape index (κ2) is 11.2. The van der Waals surface area contributed by atoms with Gasteiger partial charge in [0.05, 0.1) is 12.1 Å². The molecule has 0 radical (unpaired) electrons. The number of carboxylic acid groups (broad SMARTS) is 1. The molecule has 0 spiro atoms. The Kier molecular flexibility index (Phi) is 8.60. The maximum Gasteiger partial charge on any atom is 0.346 e. The summed E-state index contributed by atoms with van der Waals surface area (Å²) >= 11 is 1.17. The summed E-state index contributed by atoms with van der Waals surface area (Å²) in [4.78, 5) is 25.8. The van der Waals surface area contributed by atoms with E-state index >= 15 is 0 Å².